The molecular formula is C7H16N2O4. The summed E-state index contributed by atoms with van der Waals surface area (Å²) in [6, 6.07) is -1.31. The van der Waals surface area contributed by atoms with Crippen LogP contribution in [0.2, 0.25) is 0 Å². The van der Waals surface area contributed by atoms with Crippen LogP contribution in [0.25, 0.3) is 0 Å². The van der Waals surface area contributed by atoms with Gasteiger partial charge in [-0.3, -0.25) is 4.79 Å². The lowest BCUT2D eigenvalue weighted by molar-refractivity contribution is -0.139. The Morgan fingerprint density at radius 1 is 1.46 bits per heavy atom. The van der Waals surface area contributed by atoms with Crippen LogP contribution in [0.5, 0.6) is 0 Å². The van der Waals surface area contributed by atoms with E-state index in [1.807, 2.05) is 0 Å². The lowest BCUT2D eigenvalue weighted by Crippen LogP contribution is -2.33. The van der Waals surface area contributed by atoms with Crippen molar-refractivity contribution in [3.05, 3.63) is 0 Å². The van der Waals surface area contributed by atoms with Crippen molar-refractivity contribution in [2.24, 2.45) is 11.5 Å². The number of carboxylic acids is 1. The molecule has 0 bridgehead atoms. The normalized spacial score (nSPS) is 15.3. The number of nitrogens with two attached hydrogens (primary N) is 2. The van der Waals surface area contributed by atoms with Gasteiger partial charge >= 0.3 is 5.97 Å². The van der Waals surface area contributed by atoms with Gasteiger partial charge in [0, 0.05) is 6.61 Å². The summed E-state index contributed by atoms with van der Waals surface area (Å²) in [5.74, 6) is -1.05. The minimum absolute atomic E-state index is 0.148. The maximum Gasteiger partial charge on any atom is 0.320 e. The Morgan fingerprint density at radius 3 is 2.54 bits per heavy atom. The molecule has 6 N–H and O–H groups in total. The van der Waals surface area contributed by atoms with Gasteiger partial charge in [-0.15, -0.1) is 0 Å². The van der Waals surface area contributed by atoms with Crippen molar-refractivity contribution in [1.82, 2.24) is 0 Å². The van der Waals surface area contributed by atoms with Crippen LogP contribution < -0.4 is 11.5 Å². The average molecular weight is 192 g/mol. The van der Waals surface area contributed by atoms with Crippen LogP contribution in [0, 0.1) is 0 Å². The van der Waals surface area contributed by atoms with Crippen molar-refractivity contribution in [2.75, 3.05) is 19.8 Å². The fourth-order valence-electron chi connectivity index (χ4n) is 0.621. The molecule has 0 aliphatic rings. The highest BCUT2D eigenvalue weighted by Crippen LogP contribution is 1.90. The molecule has 0 spiro atoms. The summed E-state index contributed by atoms with van der Waals surface area (Å²) < 4.78 is 4.98. The largest absolute Gasteiger partial charge is 0.480 e. The van der Waals surface area contributed by atoms with Crippen molar-refractivity contribution < 1.29 is 19.7 Å². The number of aliphatic carboxylic acids is 1. The first-order chi connectivity index (χ1) is 6.07. The molecule has 6 nitrogen and oxygen atoms in total. The molecule has 78 valence electrons. The van der Waals surface area contributed by atoms with Gasteiger partial charge in [-0.05, 0) is 6.42 Å². The molecule has 13 heavy (non-hydrogen) atoms. The third-order valence-electron chi connectivity index (χ3n) is 1.46. The number of rotatable bonds is 7. The van der Waals surface area contributed by atoms with Crippen LogP contribution >= 0.6 is 0 Å². The van der Waals surface area contributed by atoms with Crippen molar-refractivity contribution in [1.29, 1.82) is 0 Å². The highest BCUT2D eigenvalue weighted by Gasteiger charge is 2.10. The molecule has 0 heterocycles. The number of hydrogen-bond acceptors (Lipinski definition) is 5. The Kier molecular flexibility index (Phi) is 6.43. The van der Waals surface area contributed by atoms with Crippen molar-refractivity contribution in [3.8, 4) is 0 Å². The first kappa shape index (κ1) is 12.3. The van der Waals surface area contributed by atoms with Crippen LogP contribution in [0.3, 0.4) is 0 Å². The van der Waals surface area contributed by atoms with E-state index in [1.54, 1.807) is 0 Å². The zero-order chi connectivity index (χ0) is 10.3. The molecule has 0 amide bonds. The van der Waals surface area contributed by atoms with Gasteiger partial charge in [0.25, 0.3) is 0 Å². The van der Waals surface area contributed by atoms with E-state index in [0.717, 1.165) is 0 Å². The van der Waals surface area contributed by atoms with E-state index in [0.29, 0.717) is 0 Å². The first-order valence-corrected chi connectivity index (χ1v) is 4.00. The van der Waals surface area contributed by atoms with Gasteiger partial charge in [0.2, 0.25) is 0 Å². The lowest BCUT2D eigenvalue weighted by Gasteiger charge is -2.10. The van der Waals surface area contributed by atoms with Crippen molar-refractivity contribution >= 4 is 5.97 Å². The van der Waals surface area contributed by atoms with E-state index < -0.39 is 18.1 Å². The Labute approximate surface area is 76.5 Å². The molecule has 0 saturated heterocycles. The van der Waals surface area contributed by atoms with Crippen molar-refractivity contribution in [2.45, 2.75) is 18.5 Å². The zero-order valence-electron chi connectivity index (χ0n) is 7.35. The van der Waals surface area contributed by atoms with Crippen LogP contribution in [-0.2, 0) is 9.53 Å². The van der Waals surface area contributed by atoms with Gasteiger partial charge in [0.15, 0.2) is 0 Å². The molecule has 0 saturated carbocycles. The van der Waals surface area contributed by atoms with Gasteiger partial charge in [-0.25, -0.2) is 0 Å². The van der Waals surface area contributed by atoms with Gasteiger partial charge in [0.05, 0.1) is 19.3 Å². The number of ether oxygens (including phenoxy) is 1. The lowest BCUT2D eigenvalue weighted by atomic mass is 10.2. The smallest absolute Gasteiger partial charge is 0.320 e. The standard InChI is InChI=1S/C7H16N2O4/c8-5(3-10)4-13-2-1-6(9)7(11)12/h5-6,10H,1-4,8-9H2,(H,11,12). The summed E-state index contributed by atoms with van der Waals surface area (Å²) in [5, 5.41) is 16.9. The number of aliphatic hydroxyl groups is 1. The third-order valence-corrected chi connectivity index (χ3v) is 1.46. The number of hydrogen-bond donors (Lipinski definition) is 4. The van der Waals surface area contributed by atoms with Crippen LogP contribution in [-0.4, -0.2) is 48.1 Å². The first-order valence-electron chi connectivity index (χ1n) is 4.00. The quantitative estimate of drug-likeness (QED) is 0.351. The zero-order valence-corrected chi connectivity index (χ0v) is 7.35. The van der Waals surface area contributed by atoms with Gasteiger partial charge in [-0.1, -0.05) is 0 Å². The molecule has 0 fully saturated rings. The Hall–Kier alpha value is -0.690. The number of aliphatic hydroxyl groups excluding tert-OH is 1. The minimum Gasteiger partial charge on any atom is -0.480 e. The van der Waals surface area contributed by atoms with E-state index >= 15 is 0 Å². The summed E-state index contributed by atoms with van der Waals surface area (Å²) >= 11 is 0. The Balaban J connectivity index is 3.30. The van der Waals surface area contributed by atoms with Crippen LogP contribution in [0.1, 0.15) is 6.42 Å². The van der Waals surface area contributed by atoms with E-state index in [2.05, 4.69) is 0 Å². The van der Waals surface area contributed by atoms with Gasteiger partial charge < -0.3 is 26.4 Å². The summed E-state index contributed by atoms with van der Waals surface area (Å²) in [4.78, 5) is 10.2. The average Bonchev–Trinajstić information content (AvgIpc) is 2.11. The number of carbonyl (C=O) groups is 1. The van der Waals surface area contributed by atoms with Gasteiger partial charge in [-0.2, -0.15) is 0 Å². The highest BCUT2D eigenvalue weighted by molar-refractivity contribution is 5.72. The Bertz CT molecular complexity index is 153. The summed E-state index contributed by atoms with van der Waals surface area (Å²) in [5.41, 5.74) is 10.5. The van der Waals surface area contributed by atoms with Crippen molar-refractivity contribution in [3.63, 3.8) is 0 Å². The third kappa shape index (κ3) is 6.47. The molecule has 0 aliphatic carbocycles. The fraction of sp³-hybridized carbons (Fsp3) is 0.857. The molecule has 0 aromatic carbocycles. The summed E-state index contributed by atoms with van der Waals surface area (Å²) in [6.07, 6.45) is 0.244. The molecule has 0 aromatic heterocycles. The monoisotopic (exact) mass is 192 g/mol. The fourth-order valence-corrected chi connectivity index (χ4v) is 0.621. The van der Waals surface area contributed by atoms with E-state index in [-0.39, 0.29) is 26.2 Å². The molecular weight excluding hydrogens is 176 g/mol. The SMILES string of the molecule is NC(CO)COCCC(N)C(=O)O. The molecule has 0 rings (SSSR count). The van der Waals surface area contributed by atoms with E-state index in [9.17, 15) is 4.79 Å². The van der Waals surface area contributed by atoms with E-state index in [4.69, 9.17) is 26.4 Å². The number of carboxylic acid groups (broad SMARTS) is 1. The van der Waals surface area contributed by atoms with E-state index in [1.165, 1.54) is 0 Å². The topological polar surface area (TPSA) is 119 Å². The summed E-state index contributed by atoms with van der Waals surface area (Å²) in [6.45, 7) is 0.301. The second kappa shape index (κ2) is 6.79. The molecule has 2 atom stereocenters. The van der Waals surface area contributed by atoms with Crippen LogP contribution in [0.15, 0.2) is 0 Å². The van der Waals surface area contributed by atoms with Crippen LogP contribution in [0.4, 0.5) is 0 Å². The predicted octanol–water partition coefficient (Wildman–Crippen LogP) is -1.88. The Morgan fingerprint density at radius 2 is 2.08 bits per heavy atom. The second-order valence-corrected chi connectivity index (χ2v) is 2.75. The highest BCUT2D eigenvalue weighted by atomic mass is 16.5. The molecule has 6 heteroatoms. The maximum atomic E-state index is 10.2. The maximum absolute atomic E-state index is 10.2. The minimum atomic E-state index is -1.05. The predicted molar refractivity (Wildman–Crippen MR) is 46.1 cm³/mol. The van der Waals surface area contributed by atoms with Gasteiger partial charge in [0.1, 0.15) is 6.04 Å². The summed E-state index contributed by atoms with van der Waals surface area (Å²) in [7, 11) is 0. The molecule has 0 radical (unpaired) electrons. The second-order valence-electron chi connectivity index (χ2n) is 2.75. The molecule has 0 aliphatic heterocycles. The molecule has 0 aromatic rings. The molecule has 2 unspecified atom stereocenters.